The maximum absolute atomic E-state index is 13.2. The molecular weight excluding hydrogens is 585 g/mol. The van der Waals surface area contributed by atoms with Gasteiger partial charge in [0, 0.05) is 0 Å². The monoisotopic (exact) mass is 618 g/mol. The van der Waals surface area contributed by atoms with Crippen molar-refractivity contribution < 1.29 is 29.0 Å². The number of nitrogens with zero attached hydrogens (tertiary/aromatic N) is 2. The second kappa shape index (κ2) is 12.4. The molecule has 2 aromatic carbocycles. The van der Waals surface area contributed by atoms with E-state index in [1.54, 1.807) is 37.4 Å². The number of carbonyl (C=O) groups excluding carboxylic acids is 2. The number of anilines is 1. The van der Waals surface area contributed by atoms with Crippen molar-refractivity contribution in [2.24, 2.45) is 0 Å². The summed E-state index contributed by atoms with van der Waals surface area (Å²) in [6.07, 6.45) is 5.53. The third kappa shape index (κ3) is 6.10. The van der Waals surface area contributed by atoms with Gasteiger partial charge in [-0.3, -0.25) is 0 Å². The van der Waals surface area contributed by atoms with Crippen LogP contribution in [0, 0.1) is 6.92 Å². The number of carboxylic acid groups (broad SMARTS) is 1. The first-order valence-electron chi connectivity index (χ1n) is 13.6. The van der Waals surface area contributed by atoms with Crippen molar-refractivity contribution in [3.05, 3.63) is 83.0 Å². The Morgan fingerprint density at radius 1 is 1.00 bits per heavy atom. The van der Waals surface area contributed by atoms with Crippen molar-refractivity contribution >= 4 is 38.0 Å². The molecule has 2 saturated heterocycles. The van der Waals surface area contributed by atoms with Crippen LogP contribution in [0.3, 0.4) is 0 Å². The van der Waals surface area contributed by atoms with Crippen molar-refractivity contribution in [1.82, 2.24) is 10.3 Å². The Kier molecular flexibility index (Phi) is 8.64. The van der Waals surface area contributed by atoms with Crippen LogP contribution in [0.2, 0.25) is 4.71 Å². The molecule has 1 amide bonds. The van der Waals surface area contributed by atoms with Gasteiger partial charge in [0.25, 0.3) is 0 Å². The van der Waals surface area contributed by atoms with Gasteiger partial charge in [-0.1, -0.05) is 12.1 Å². The fraction of sp³-hybridized carbons (Fsp3) is 0.355. The first kappa shape index (κ1) is 28.7. The molecule has 3 aromatic rings. The summed E-state index contributed by atoms with van der Waals surface area (Å²) in [6, 6.07) is 15.2. The Morgan fingerprint density at radius 2 is 1.71 bits per heavy atom. The molecule has 213 valence electrons. The van der Waals surface area contributed by atoms with E-state index in [-0.39, 0.29) is 4.57 Å². The van der Waals surface area contributed by atoms with Crippen LogP contribution in [0.1, 0.15) is 63.6 Å². The number of fused-ring (bicyclic) bond motifs is 2. The summed E-state index contributed by atoms with van der Waals surface area (Å²) in [5.74, 6) is 0.486. The van der Waals surface area contributed by atoms with Gasteiger partial charge in [0.15, 0.2) is 0 Å². The fourth-order valence-corrected chi connectivity index (χ4v) is 8.86. The van der Waals surface area contributed by atoms with Gasteiger partial charge in [-0.25, -0.2) is 4.79 Å². The molecule has 5 rings (SSSR count). The third-order valence-electron chi connectivity index (χ3n) is 7.99. The van der Waals surface area contributed by atoms with Crippen molar-refractivity contribution in [1.29, 1.82) is 0 Å². The topological polar surface area (TPSA) is 118 Å². The van der Waals surface area contributed by atoms with Crippen LogP contribution in [0.5, 0.6) is 11.5 Å². The van der Waals surface area contributed by atoms with E-state index in [2.05, 4.69) is 15.2 Å². The van der Waals surface area contributed by atoms with Gasteiger partial charge in [-0.05, 0) is 12.1 Å². The normalized spacial score (nSPS) is 20.6. The summed E-state index contributed by atoms with van der Waals surface area (Å²) < 4.78 is 11.2. The number of hydrogen-bond donors (Lipinski definition) is 2. The molecular formula is C31H33AsN3O6. The summed E-state index contributed by atoms with van der Waals surface area (Å²) >= 11 is -0.501. The number of rotatable bonds is 10. The predicted molar refractivity (Wildman–Crippen MR) is 155 cm³/mol. The quantitative estimate of drug-likeness (QED) is 0.321. The van der Waals surface area contributed by atoms with Crippen molar-refractivity contribution in [3.63, 3.8) is 0 Å². The molecule has 41 heavy (non-hydrogen) atoms. The van der Waals surface area contributed by atoms with E-state index < -0.39 is 33.7 Å². The Hall–Kier alpha value is -3.84. The fourth-order valence-electron chi connectivity index (χ4n) is 5.90. The van der Waals surface area contributed by atoms with E-state index in [1.807, 2.05) is 31.2 Å². The molecule has 1 radical (unpaired) electrons. The van der Waals surface area contributed by atoms with Gasteiger partial charge in [-0.15, -0.1) is 0 Å². The van der Waals surface area contributed by atoms with E-state index in [0.29, 0.717) is 33.7 Å². The van der Waals surface area contributed by atoms with E-state index in [0.717, 1.165) is 48.4 Å². The van der Waals surface area contributed by atoms with Crippen LogP contribution in [0.25, 0.3) is 0 Å². The van der Waals surface area contributed by atoms with Crippen LogP contribution in [-0.4, -0.2) is 68.6 Å². The smallest absolute Gasteiger partial charge is 0.479 e. The van der Waals surface area contributed by atoms with E-state index in [9.17, 15) is 19.5 Å². The number of aromatic nitrogens is 1. The summed E-state index contributed by atoms with van der Waals surface area (Å²) in [5.41, 5.74) is 2.41. The molecule has 1 aromatic heterocycles. The molecule has 0 saturated carbocycles. The molecule has 0 aliphatic carbocycles. The van der Waals surface area contributed by atoms with Gasteiger partial charge in [0.05, 0.1) is 7.11 Å². The van der Waals surface area contributed by atoms with Crippen molar-refractivity contribution in [2.45, 2.75) is 55.4 Å². The zero-order valence-corrected chi connectivity index (χ0v) is 25.1. The molecule has 2 bridgehead atoms. The molecule has 1 unspecified atom stereocenters. The van der Waals surface area contributed by atoms with Gasteiger partial charge in [-0.2, -0.15) is 0 Å². The SMILES string of the molecule is COc1ccc([C@H](NC(=O)c2ccc(N3[C@@H]4CC[C@H]3CC([As]C(=O)c3cccc(OC)c3C)C4)nc2)C(=O)O)cc1. The number of pyridine rings is 1. The summed E-state index contributed by atoms with van der Waals surface area (Å²) in [6.45, 7) is 1.94. The number of ether oxygens (including phenoxy) is 2. The number of methoxy groups -OCH3 is 2. The number of carbonyl (C=O) groups is 3. The summed E-state index contributed by atoms with van der Waals surface area (Å²) in [4.78, 5) is 45.0. The minimum atomic E-state index is -1.20. The zero-order chi connectivity index (χ0) is 29.1. The van der Waals surface area contributed by atoms with Crippen LogP contribution in [-0.2, 0) is 4.79 Å². The summed E-state index contributed by atoms with van der Waals surface area (Å²) in [5, 5.41) is 12.3. The number of hydrogen-bond acceptors (Lipinski definition) is 7. The second-order valence-corrected chi connectivity index (χ2v) is 13.3. The second-order valence-electron chi connectivity index (χ2n) is 10.4. The first-order valence-corrected chi connectivity index (χ1v) is 15.6. The molecule has 10 heteroatoms. The number of amides is 1. The average molecular weight is 619 g/mol. The average Bonchev–Trinajstić information content (AvgIpc) is 3.25. The first-order chi connectivity index (χ1) is 19.8. The molecule has 0 spiro atoms. The summed E-state index contributed by atoms with van der Waals surface area (Å²) in [7, 11) is 3.16. The number of benzene rings is 2. The zero-order valence-electron chi connectivity index (χ0n) is 23.2. The van der Waals surface area contributed by atoms with E-state index in [4.69, 9.17) is 9.47 Å². The number of piperidine rings is 1. The van der Waals surface area contributed by atoms with Gasteiger partial charge in [0.1, 0.15) is 5.75 Å². The number of nitrogens with one attached hydrogen (secondary N) is 1. The molecule has 2 aliphatic heterocycles. The Labute approximate surface area is 245 Å². The molecule has 2 aliphatic rings. The predicted octanol–water partition coefficient (Wildman–Crippen LogP) is 4.43. The Balaban J connectivity index is 1.22. The van der Waals surface area contributed by atoms with Gasteiger partial charge < -0.3 is 9.84 Å². The standard InChI is InChI=1S/C31H33AsN3O6/c1-18-25(5-4-6-26(18)41-3)29(36)32-21-15-22-10-11-23(16-21)35(22)27-14-9-20(17-33-27)30(37)34-28(31(38)39)19-7-12-24(40-2)13-8-19/h4-9,12-14,17,21-23,28H,10-11,15-16H2,1-3H3,(H,34,37)(H,38,39)/t21?,22-,23+,28-/m0/s1. The Morgan fingerprint density at radius 3 is 2.29 bits per heavy atom. The molecule has 4 atom stereocenters. The van der Waals surface area contributed by atoms with Crippen molar-refractivity contribution in [2.75, 3.05) is 19.1 Å². The molecule has 2 fully saturated rings. The van der Waals surface area contributed by atoms with Crippen LogP contribution in [0.15, 0.2) is 60.8 Å². The van der Waals surface area contributed by atoms with Crippen LogP contribution in [0.4, 0.5) is 5.82 Å². The minimum absolute atomic E-state index is 0.248. The van der Waals surface area contributed by atoms with E-state index >= 15 is 0 Å². The number of carboxylic acids is 1. The third-order valence-corrected chi connectivity index (χ3v) is 10.6. The van der Waals surface area contributed by atoms with Gasteiger partial charge in [0.2, 0.25) is 0 Å². The van der Waals surface area contributed by atoms with Gasteiger partial charge >= 0.3 is 195 Å². The number of aliphatic carboxylic acids is 1. The van der Waals surface area contributed by atoms with Crippen LogP contribution >= 0.6 is 0 Å². The molecule has 9 nitrogen and oxygen atoms in total. The van der Waals surface area contributed by atoms with Crippen molar-refractivity contribution in [3.8, 4) is 11.5 Å². The maximum atomic E-state index is 13.2. The molecule has 3 heterocycles. The van der Waals surface area contributed by atoms with E-state index in [1.165, 1.54) is 13.3 Å². The van der Waals surface area contributed by atoms with Crippen LogP contribution < -0.4 is 19.7 Å². The minimum Gasteiger partial charge on any atom is -0.479 e. The molecule has 2 N–H and O–H groups in total. The Bertz CT molecular complexity index is 1410.